The van der Waals surface area contributed by atoms with Gasteiger partial charge < -0.3 is 0 Å². The molecule has 0 unspecified atom stereocenters. The van der Waals surface area contributed by atoms with E-state index in [2.05, 4.69) is 15.0 Å². The Morgan fingerprint density at radius 1 is 0.367 bits per heavy atom. The van der Waals surface area contributed by atoms with Gasteiger partial charge >= 0.3 is 327 Å². The van der Waals surface area contributed by atoms with Gasteiger partial charge in [0.05, 0.1) is 0 Å². The number of hydrogen-bond donors (Lipinski definition) is 0. The van der Waals surface area contributed by atoms with Crippen LogP contribution in [0.4, 0.5) is 0 Å². The summed E-state index contributed by atoms with van der Waals surface area (Å²) in [5.41, 5.74) is -2.93. The van der Waals surface area contributed by atoms with Crippen molar-refractivity contribution in [2.45, 2.75) is 0 Å². The fraction of sp³-hybridized carbons (Fsp3) is 0. The quantitative estimate of drug-likeness (QED) is 0.134. The first-order valence-electron chi connectivity index (χ1n) is 27.7. The van der Waals surface area contributed by atoms with Crippen LogP contribution in [0, 0.1) is 0 Å². The molecule has 0 bridgehead atoms. The van der Waals surface area contributed by atoms with Crippen LogP contribution in [0.1, 0.15) is 37.0 Å². The molecule has 0 amide bonds. The van der Waals surface area contributed by atoms with Crippen molar-refractivity contribution in [1.29, 1.82) is 0 Å². The molecule has 0 aliphatic heterocycles. The van der Waals surface area contributed by atoms with E-state index in [9.17, 15) is 11.0 Å². The molecule has 10 aromatic rings. The first-order valence-corrected chi connectivity index (χ1v) is 16.0. The zero-order valence-corrected chi connectivity index (χ0v) is 26.0. The summed E-state index contributed by atoms with van der Waals surface area (Å²) in [5.74, 6) is -2.18. The van der Waals surface area contributed by atoms with Crippen molar-refractivity contribution in [3.8, 4) is 45.3 Å². The molecule has 8 aromatic carbocycles. The molecule has 0 atom stereocenters. The average Bonchev–Trinajstić information content (AvgIpc) is 3.90. The van der Waals surface area contributed by atoms with Crippen LogP contribution >= 0.6 is 0 Å². The maximum absolute atomic E-state index is 9.76. The van der Waals surface area contributed by atoms with E-state index in [1.54, 1.807) is 0 Å². The van der Waals surface area contributed by atoms with Crippen molar-refractivity contribution < 1.29 is 37.0 Å². The molecule has 0 fully saturated rings. The average molecular weight is 716 g/mol. The fourth-order valence-corrected chi connectivity index (χ4v) is 7.65. The topological polar surface area (TPSA) is 38.7 Å². The summed E-state index contributed by atoms with van der Waals surface area (Å²) in [6.45, 7) is 0. The van der Waals surface area contributed by atoms with Gasteiger partial charge in [-0.1, -0.05) is 0 Å². The van der Waals surface area contributed by atoms with Crippen LogP contribution in [0.3, 0.4) is 0 Å². The number of fused-ring (bicyclic) bond motifs is 8. The van der Waals surface area contributed by atoms with Crippen LogP contribution in [0.15, 0.2) is 163 Å². The van der Waals surface area contributed by atoms with E-state index in [0.717, 1.165) is 0 Å². The van der Waals surface area contributed by atoms with Crippen LogP contribution in [0.5, 0.6) is 0 Å². The van der Waals surface area contributed by atoms with Gasteiger partial charge in [-0.05, 0) is 0 Å². The Balaban J connectivity index is 1.34. The van der Waals surface area contributed by atoms with Crippen LogP contribution in [-0.4, -0.2) is 29.5 Å². The third kappa shape index (κ3) is 4.76. The molecule has 10 rings (SSSR count). The van der Waals surface area contributed by atoms with Crippen molar-refractivity contribution in [2.75, 3.05) is 0 Å². The van der Waals surface area contributed by atoms with Crippen LogP contribution < -0.4 is 0 Å². The van der Waals surface area contributed by atoms with Crippen molar-refractivity contribution in [3.05, 3.63) is 163 Å². The van der Waals surface area contributed by atoms with E-state index in [-0.39, 0.29) is 19.3 Å². The summed E-state index contributed by atoms with van der Waals surface area (Å²) < 4.78 is 239. The van der Waals surface area contributed by atoms with Gasteiger partial charge in [-0.3, -0.25) is 0 Å². The summed E-state index contributed by atoms with van der Waals surface area (Å²) in [4.78, 5) is 12.9. The van der Waals surface area contributed by atoms with Crippen molar-refractivity contribution in [3.63, 3.8) is 0 Å². The third-order valence-corrected chi connectivity index (χ3v) is 9.85. The van der Waals surface area contributed by atoms with E-state index < -0.39 is 255 Å². The van der Waals surface area contributed by atoms with E-state index >= 15 is 0 Å². The molecule has 4 heteroatoms. The van der Waals surface area contributed by atoms with Crippen molar-refractivity contribution in [1.82, 2.24) is 15.0 Å². The first kappa shape index (κ1) is 12.2. The predicted molar refractivity (Wildman–Crippen MR) is 206 cm³/mol. The maximum atomic E-state index is 9.76. The van der Waals surface area contributed by atoms with Crippen molar-refractivity contribution in [2.24, 2.45) is 0 Å². The number of aromatic nitrogens is 3. The second-order valence-electron chi connectivity index (χ2n) is 10.3. The second-order valence-corrected chi connectivity index (χ2v) is 12.5. The Hall–Kier alpha value is -5.93. The normalized spacial score (nSPS) is 19.4. The standard InChI is InChI=1S/C45H27N3Se/c1-3-11-30(12-4-1)43-46-44(31-13-5-2-6-14-31)48-45(47-43)33-22-25-38-39-17-9-16-35(42(39)49-41(38)27-33)32-19-18-29-21-23-36-34-15-8-7-10-28(34)20-24-37(36)40(29)26-32/h1-27H/i1D,2D,3D,4D,5D,6D,7D,8D,9D,10D,11D,12D,13D,14D,15D,16D,17D,18D,19D,20D,21D,22D,23D,24D,25D,26D,27D. The van der Waals surface area contributed by atoms with Gasteiger partial charge in [0, 0.05) is 0 Å². The summed E-state index contributed by atoms with van der Waals surface area (Å²) in [7, 11) is 0. The fourth-order valence-electron chi connectivity index (χ4n) is 5.30. The number of nitrogens with zero attached hydrogens (tertiary/aromatic N) is 3. The van der Waals surface area contributed by atoms with E-state index in [0.29, 0.717) is 0 Å². The molecule has 0 spiro atoms. The molecule has 0 aliphatic rings. The molecule has 0 saturated carbocycles. The number of rotatable bonds is 4. The van der Waals surface area contributed by atoms with E-state index in [1.165, 1.54) is 0 Å². The Kier molecular flexibility index (Phi) is 2.82. The summed E-state index contributed by atoms with van der Waals surface area (Å²) in [5, 5.41) is -3.38. The minimum atomic E-state index is -1.43. The van der Waals surface area contributed by atoms with Crippen LogP contribution in [0.2, 0.25) is 0 Å². The molecule has 228 valence electrons. The van der Waals surface area contributed by atoms with Gasteiger partial charge in [0.1, 0.15) is 0 Å². The molecular weight excluding hydrogens is 661 g/mol. The summed E-state index contributed by atoms with van der Waals surface area (Å²) in [6.07, 6.45) is 0. The van der Waals surface area contributed by atoms with E-state index in [4.69, 9.17) is 26.0 Å². The SMILES string of the molecule is [2H]c1c([2H])c([2H])c(-c2nc(-c3c([2H])c([2H])c([2H])c([2H])c3[2H])nc(-c3c([2H])c([2H])c4c([se]c5c(-c6c([2H])c([2H])c7c([2H])c([2H])c8c9c([2H])c([2H])c([2H])c([2H])c9c([2H])c([2H])c8c7c6[2H])c([2H])c([2H])c([2H])c54)c3[2H])n2)c([2H])c1[2H]. The molecule has 2 heterocycles. The molecule has 0 saturated heterocycles. The van der Waals surface area contributed by atoms with Gasteiger partial charge in [0.15, 0.2) is 0 Å². The molecule has 0 radical (unpaired) electrons. The molecular formula is C45H27N3Se. The minimum absolute atomic E-state index is 0.109. The molecule has 3 nitrogen and oxygen atoms in total. The third-order valence-electron chi connectivity index (χ3n) is 7.49. The Bertz CT molecular complexity index is 4300. The predicted octanol–water partition coefficient (Wildman–Crippen LogP) is 11.4. The van der Waals surface area contributed by atoms with Gasteiger partial charge in [-0.2, -0.15) is 0 Å². The zero-order valence-electron chi connectivity index (χ0n) is 51.2. The zero-order chi connectivity index (χ0) is 55.8. The molecule has 2 aromatic heterocycles. The van der Waals surface area contributed by atoms with Crippen LogP contribution in [-0.2, 0) is 0 Å². The Morgan fingerprint density at radius 2 is 0.918 bits per heavy atom. The summed E-state index contributed by atoms with van der Waals surface area (Å²) in [6, 6.07) is -21.3. The first-order chi connectivity index (χ1) is 35.5. The second kappa shape index (κ2) is 11.3. The molecule has 0 N–H and O–H groups in total. The van der Waals surface area contributed by atoms with Gasteiger partial charge in [0.25, 0.3) is 0 Å². The van der Waals surface area contributed by atoms with Gasteiger partial charge in [-0.25, -0.2) is 0 Å². The van der Waals surface area contributed by atoms with Gasteiger partial charge in [-0.15, -0.1) is 0 Å². The molecule has 0 aliphatic carbocycles. The van der Waals surface area contributed by atoms with Crippen molar-refractivity contribution >= 4 is 66.1 Å². The Labute approximate surface area is 326 Å². The number of benzene rings is 8. The molecule has 49 heavy (non-hydrogen) atoms. The Morgan fingerprint density at radius 3 is 1.65 bits per heavy atom. The number of hydrogen-bond acceptors (Lipinski definition) is 3. The monoisotopic (exact) mass is 716 g/mol. The van der Waals surface area contributed by atoms with E-state index in [1.807, 2.05) is 0 Å². The van der Waals surface area contributed by atoms with Gasteiger partial charge in [0.2, 0.25) is 0 Å². The summed E-state index contributed by atoms with van der Waals surface area (Å²) >= 11 is -1.43. The van der Waals surface area contributed by atoms with Crippen LogP contribution in [0.25, 0.3) is 96.9 Å².